The Kier molecular flexibility index (Phi) is 72.3. The van der Waals surface area contributed by atoms with Crippen LogP contribution in [0.5, 0.6) is 5.75 Å². The molecule has 1 aliphatic heterocycles. The molecule has 8 rings (SSSR count). The number of nitrogens with zero attached hydrogens (tertiary/aromatic N) is 7. The van der Waals surface area contributed by atoms with Crippen LogP contribution in [0, 0.1) is 3.57 Å². The molecule has 0 aliphatic carbocycles. The summed E-state index contributed by atoms with van der Waals surface area (Å²) in [6.07, 6.45) is 8.08. The van der Waals surface area contributed by atoms with Crippen molar-refractivity contribution >= 4 is 558 Å². The van der Waals surface area contributed by atoms with Crippen LogP contribution in [-0.2, 0) is 4.74 Å². The fourth-order valence-electron chi connectivity index (χ4n) is 10.1. The molecule has 1 aliphatic rings. The molecule has 0 bridgehead atoms. The number of rotatable bonds is 37. The van der Waals surface area contributed by atoms with E-state index in [1.807, 2.05) is 88.1 Å². The van der Waals surface area contributed by atoms with E-state index in [9.17, 15) is 0 Å². The van der Waals surface area contributed by atoms with E-state index < -0.39 is 29.2 Å². The Labute approximate surface area is 800 Å². The third kappa shape index (κ3) is 36.6. The second-order valence-corrected chi connectivity index (χ2v) is 260. The fourth-order valence-corrected chi connectivity index (χ4v) is 681. The molecule has 0 saturated carbocycles. The maximum Gasteiger partial charge on any atom is 0.157 e. The van der Waals surface area contributed by atoms with Crippen LogP contribution in [0.15, 0.2) is 110 Å². The van der Waals surface area contributed by atoms with Crippen molar-refractivity contribution in [3.8, 4) is 28.3 Å². The van der Waals surface area contributed by atoms with Gasteiger partial charge < -0.3 is 18.6 Å². The van der Waals surface area contributed by atoms with Crippen molar-refractivity contribution in [1.29, 1.82) is 0 Å². The molecule has 36 unspecified atom stereocenters. The highest BCUT2D eigenvalue weighted by Gasteiger charge is 2.72. The highest BCUT2D eigenvalue weighted by molar-refractivity contribution is 14.1. The summed E-state index contributed by atoms with van der Waals surface area (Å²) in [5.41, 5.74) is 7.50. The molecular weight excluding hydrogens is 2690 g/mol. The summed E-state index contributed by atoms with van der Waals surface area (Å²) in [6.45, 7) is -2.41. The third-order valence-electron chi connectivity index (χ3n) is 14.1. The van der Waals surface area contributed by atoms with E-state index in [0.717, 1.165) is 101 Å². The van der Waals surface area contributed by atoms with Crippen molar-refractivity contribution in [2.45, 2.75) is 18.2 Å². The Bertz CT molecular complexity index is 3660. The molecule has 0 spiro atoms. The topological polar surface area (TPSA) is 83.1 Å². The number of ether oxygens (including phenoxy) is 2. The Hall–Kier alpha value is 22.2. The van der Waals surface area contributed by atoms with E-state index in [4.69, 9.17) is 32.7 Å². The van der Waals surface area contributed by atoms with Crippen LogP contribution in [0.2, 0.25) is 10.3 Å². The van der Waals surface area contributed by atoms with Crippen molar-refractivity contribution < 1.29 is 9.47 Å². The Morgan fingerprint density at radius 3 is 1.06 bits per heavy atom. The van der Waals surface area contributed by atoms with Gasteiger partial charge in [0, 0.05) is 49.0 Å². The first-order valence-corrected chi connectivity index (χ1v) is 140. The molecule has 3 aromatic carbocycles. The van der Waals surface area contributed by atoms with Gasteiger partial charge in [0.1, 0.15) is 40.5 Å². The van der Waals surface area contributed by atoms with Crippen LogP contribution in [0.1, 0.15) is 13.8 Å². The van der Waals surface area contributed by atoms with Gasteiger partial charge in [0.05, 0.1) is 27.8 Å². The molecule has 0 radical (unpaired) electrons. The SMILES string of the molecule is C.Clc1ncnc2c(-c3ccc(OCCCN4CCOCC4)cc3)cn(-c3ccccc3)c12.Clc1ncnc2c(I)cn(-c3ccccc3)c12.PPP(P)P(P(P)P)P(P(P(P)P)P(P)P)C(P(P(P(P)P)P(P)P)P(P(P)P)P(P)P)(P(P(P(P)P)P(P)P)P(P(P)P)P(P)P)P(P(P(P)P)P(P)P)P(P(P)P)P(P)P. The number of hydrogen-bond acceptors (Lipinski definition) is 7. The fraction of sp³-hybridized carbons (Fsp3) is 0.231. The minimum absolute atomic E-state index is 0. The summed E-state index contributed by atoms with van der Waals surface area (Å²) < 4.78 is 16.9. The van der Waals surface area contributed by atoms with E-state index in [1.165, 1.54) is 12.7 Å². The zero-order chi connectivity index (χ0) is 83.0. The molecule has 1 saturated heterocycles. The molecule has 1 fully saturated rings. The summed E-state index contributed by atoms with van der Waals surface area (Å²) in [5.74, 6) is 0.871. The number of halogens is 3. The molecule has 73 heteroatoms. The van der Waals surface area contributed by atoms with Crippen LogP contribution in [0.25, 0.3) is 44.6 Å². The first-order chi connectivity index (χ1) is 52.2. The number of hydrogen-bond donors (Lipinski definition) is 0. The lowest BCUT2D eigenvalue weighted by Crippen LogP contribution is -2.37. The summed E-state index contributed by atoms with van der Waals surface area (Å²) in [6, 6.07) is 28.3. The maximum atomic E-state index is 6.46. The van der Waals surface area contributed by atoms with Gasteiger partial charge in [0.2, 0.25) is 0 Å². The summed E-state index contributed by atoms with van der Waals surface area (Å²) in [4.78, 5) is 19.4. The molecular formula is C39H101Cl2IN7O2P61. The smallest absolute Gasteiger partial charge is 0.157 e. The standard InChI is InChI=1S/C25H25ClN4O2.C12H7ClIN3.CH65P61.CH4/c26-25-24-23(27-18-28-25)22(17-30(24)20-5-2-1-3-6-20)19-7-9-21(10-8-19)32-14-4-11-29-12-15-31-16-13-29;13-12-11-10(15-7-16-12)9(14)6-17(11)8-4-2-1-3-5-8;2-34-54(33)62(53(31)32)38(61(51(27)28)52(29)30)1(35(55(39(3)4)40(5)6)56(41(7)8)42(9)10,36(57(43(11)12)44(13)14)58(45(15)16)46(17)18)37(59(47(19)20)48(21)22)60(49(23)24)50(25)26;/h1-3,5-10,17-18H,4,11-16H2;1-7H;34H,2-33H2;1H4. The lowest BCUT2D eigenvalue weighted by atomic mass is 10.1. The van der Waals surface area contributed by atoms with Crippen LogP contribution in [0.3, 0.4) is 0 Å². The zero-order valence-corrected chi connectivity index (χ0v) is 125. The van der Waals surface area contributed by atoms with Crippen molar-refractivity contribution in [2.24, 2.45) is 0 Å². The summed E-state index contributed by atoms with van der Waals surface area (Å²) >= 11 is 14.9. The highest BCUT2D eigenvalue weighted by atomic mass is 127. The summed E-state index contributed by atoms with van der Waals surface area (Å²) in [7, 11) is 115. The van der Waals surface area contributed by atoms with Gasteiger partial charge >= 0.3 is 0 Å². The third-order valence-corrected chi connectivity index (χ3v) is 387. The van der Waals surface area contributed by atoms with E-state index in [0.29, 0.717) is 21.3 Å². The van der Waals surface area contributed by atoms with Crippen LogP contribution in [-0.4, -0.2) is 77.8 Å². The van der Waals surface area contributed by atoms with Gasteiger partial charge in [-0.3, -0.25) is 4.90 Å². The lowest BCUT2D eigenvalue weighted by molar-refractivity contribution is 0.0358. The Balaban J connectivity index is 0.000000362. The molecule has 36 atom stereocenters. The van der Waals surface area contributed by atoms with E-state index in [-0.39, 0.29) is 175 Å². The number of morpholine rings is 1. The predicted molar refractivity (Wildman–Crippen MR) is 726 cm³/mol. The molecule has 7 aromatic rings. The number of benzene rings is 3. The second kappa shape index (κ2) is 65.0. The average Bonchev–Trinajstić information content (AvgIpc) is 0.830. The van der Waals surface area contributed by atoms with E-state index >= 15 is 0 Å². The Morgan fingerprint density at radius 2 is 0.732 bits per heavy atom. The monoisotopic (exact) mass is 2790 g/mol. The lowest BCUT2D eigenvalue weighted by Gasteiger charge is -2.69. The normalized spacial score (nSPS) is 14.8. The minimum atomic E-state index is -0.439. The van der Waals surface area contributed by atoms with Gasteiger partial charge in [0.15, 0.2) is 10.3 Å². The van der Waals surface area contributed by atoms with Crippen LogP contribution in [0.4, 0.5) is 0 Å². The van der Waals surface area contributed by atoms with Gasteiger partial charge in [-0.2, -0.15) is 0 Å². The quantitative estimate of drug-likeness (QED) is 0.0166. The first kappa shape index (κ1) is 125. The number of aromatic nitrogens is 6. The van der Waals surface area contributed by atoms with Gasteiger partial charge in [-0.05, 0) is 268 Å². The van der Waals surface area contributed by atoms with Gasteiger partial charge in [-0.1, -0.05) is 87.1 Å². The average molecular weight is 2790 g/mol. The minimum Gasteiger partial charge on any atom is -0.494 e. The molecule has 0 amide bonds. The van der Waals surface area contributed by atoms with E-state index in [2.05, 4.69) is 351 Å². The van der Waals surface area contributed by atoms with Crippen molar-refractivity contribution in [1.82, 2.24) is 34.0 Å². The van der Waals surface area contributed by atoms with Crippen molar-refractivity contribution in [2.75, 3.05) is 39.5 Å². The second-order valence-electron chi connectivity index (χ2n) is 21.4. The number of para-hydroxylation sites is 2. The Morgan fingerprint density at radius 1 is 0.420 bits per heavy atom. The van der Waals surface area contributed by atoms with Crippen LogP contribution >= 0.6 is 536 Å². The number of fused-ring (bicyclic) bond motifs is 2. The maximum absolute atomic E-state index is 6.46. The van der Waals surface area contributed by atoms with E-state index in [1.54, 1.807) is 0 Å². The largest absolute Gasteiger partial charge is 0.494 e. The van der Waals surface area contributed by atoms with Crippen LogP contribution < -0.4 is 4.74 Å². The van der Waals surface area contributed by atoms with Gasteiger partial charge in [-0.15, -0.1) is 286 Å². The first-order valence-electron chi connectivity index (χ1n) is 30.1. The highest BCUT2D eigenvalue weighted by Crippen LogP contribution is 3.44. The summed E-state index contributed by atoms with van der Waals surface area (Å²) in [5, 5.41) is 0.909. The molecule has 112 heavy (non-hydrogen) atoms. The molecule has 4 aromatic heterocycles. The zero-order valence-electron chi connectivity index (χ0n) is 58.4. The predicted octanol–water partition coefficient (Wildman–Crippen LogP) is 44.1. The van der Waals surface area contributed by atoms with Gasteiger partial charge in [-0.25, -0.2) is 19.9 Å². The molecule has 0 N–H and O–H groups in total. The van der Waals surface area contributed by atoms with Gasteiger partial charge in [0.25, 0.3) is 0 Å². The molecule has 5 heterocycles. The van der Waals surface area contributed by atoms with Crippen molar-refractivity contribution in [3.63, 3.8) is 0 Å². The van der Waals surface area contributed by atoms with Crippen molar-refractivity contribution in [3.05, 3.63) is 124 Å². The molecule has 630 valence electrons. The molecule has 9 nitrogen and oxygen atoms in total.